The highest BCUT2D eigenvalue weighted by molar-refractivity contribution is 5.07. The molecule has 1 N–H and O–H groups in total. The summed E-state index contributed by atoms with van der Waals surface area (Å²) in [6.45, 7) is 4.21. The lowest BCUT2D eigenvalue weighted by Gasteiger charge is -2.14. The van der Waals surface area contributed by atoms with Gasteiger partial charge in [0.25, 0.3) is 0 Å². The molecule has 88 valence electrons. The van der Waals surface area contributed by atoms with Crippen LogP contribution in [0.1, 0.15) is 31.7 Å². The minimum absolute atomic E-state index is 0.266. The Hall–Kier alpha value is -1.16. The molecule has 1 saturated heterocycles. The minimum Gasteiger partial charge on any atom is -0.460 e. The molecule has 1 aliphatic rings. The molecule has 0 radical (unpaired) electrons. The number of hydrogen-bond acceptors (Lipinski definition) is 4. The van der Waals surface area contributed by atoms with Crippen LogP contribution < -0.4 is 10.1 Å². The topological polar surface area (TPSA) is 47.0 Å². The SMILES string of the molecule is CCc1cnc(OC2CCCNCC2)nc1. The normalized spacial score (nSPS) is 21.4. The molecule has 0 aliphatic carbocycles. The van der Waals surface area contributed by atoms with Gasteiger partial charge in [-0.15, -0.1) is 0 Å². The molecule has 1 aliphatic heterocycles. The van der Waals surface area contributed by atoms with Crippen LogP contribution in [-0.2, 0) is 6.42 Å². The van der Waals surface area contributed by atoms with Crippen LogP contribution >= 0.6 is 0 Å². The lowest BCUT2D eigenvalue weighted by atomic mass is 10.2. The van der Waals surface area contributed by atoms with Gasteiger partial charge in [-0.25, -0.2) is 9.97 Å². The first-order chi connectivity index (χ1) is 7.88. The van der Waals surface area contributed by atoms with Crippen LogP contribution in [0.3, 0.4) is 0 Å². The lowest BCUT2D eigenvalue weighted by molar-refractivity contribution is 0.171. The molecule has 1 unspecified atom stereocenters. The number of aryl methyl sites for hydroxylation is 1. The standard InChI is InChI=1S/C12H19N3O/c1-2-10-8-14-12(15-9-10)16-11-4-3-6-13-7-5-11/h8-9,11,13H,2-7H2,1H3. The monoisotopic (exact) mass is 221 g/mol. The zero-order chi connectivity index (χ0) is 11.2. The van der Waals surface area contributed by atoms with Crippen molar-refractivity contribution in [2.75, 3.05) is 13.1 Å². The second-order valence-corrected chi connectivity index (χ2v) is 4.15. The molecule has 2 heterocycles. The predicted molar refractivity (Wildman–Crippen MR) is 62.5 cm³/mol. The molecule has 1 atom stereocenters. The largest absolute Gasteiger partial charge is 0.460 e. The van der Waals surface area contributed by atoms with Gasteiger partial charge in [0, 0.05) is 12.4 Å². The quantitative estimate of drug-likeness (QED) is 0.841. The van der Waals surface area contributed by atoms with Gasteiger partial charge >= 0.3 is 6.01 Å². The molecule has 0 bridgehead atoms. The van der Waals surface area contributed by atoms with Gasteiger partial charge in [0.05, 0.1) is 0 Å². The van der Waals surface area contributed by atoms with Crippen LogP contribution in [0.2, 0.25) is 0 Å². The van der Waals surface area contributed by atoms with E-state index in [1.165, 1.54) is 0 Å². The summed E-state index contributed by atoms with van der Waals surface area (Å²) in [4.78, 5) is 8.44. The zero-order valence-corrected chi connectivity index (χ0v) is 9.78. The van der Waals surface area contributed by atoms with E-state index in [-0.39, 0.29) is 6.10 Å². The van der Waals surface area contributed by atoms with Crippen LogP contribution in [0.25, 0.3) is 0 Å². The average Bonchev–Trinajstić information content (AvgIpc) is 2.59. The Morgan fingerprint density at radius 2 is 2.12 bits per heavy atom. The molecular weight excluding hydrogens is 202 g/mol. The van der Waals surface area contributed by atoms with Crippen molar-refractivity contribution in [1.29, 1.82) is 0 Å². The van der Waals surface area contributed by atoms with Crippen LogP contribution in [0.5, 0.6) is 6.01 Å². The fraction of sp³-hybridized carbons (Fsp3) is 0.667. The summed E-state index contributed by atoms with van der Waals surface area (Å²) in [6, 6.07) is 0.518. The molecule has 0 saturated carbocycles. The smallest absolute Gasteiger partial charge is 0.316 e. The Labute approximate surface area is 96.4 Å². The summed E-state index contributed by atoms with van der Waals surface area (Å²) in [5.41, 5.74) is 1.15. The Morgan fingerprint density at radius 1 is 1.31 bits per heavy atom. The van der Waals surface area contributed by atoms with Crippen molar-refractivity contribution >= 4 is 0 Å². The van der Waals surface area contributed by atoms with Crippen molar-refractivity contribution in [1.82, 2.24) is 15.3 Å². The number of aromatic nitrogens is 2. The fourth-order valence-electron chi connectivity index (χ4n) is 1.84. The minimum atomic E-state index is 0.266. The average molecular weight is 221 g/mol. The summed E-state index contributed by atoms with van der Waals surface area (Å²) in [7, 11) is 0. The van der Waals surface area contributed by atoms with E-state index < -0.39 is 0 Å². The molecule has 0 spiro atoms. The number of hydrogen-bond donors (Lipinski definition) is 1. The van der Waals surface area contributed by atoms with E-state index in [9.17, 15) is 0 Å². The predicted octanol–water partition coefficient (Wildman–Crippen LogP) is 1.56. The molecule has 4 heteroatoms. The summed E-state index contributed by atoms with van der Waals surface area (Å²) in [5.74, 6) is 0. The zero-order valence-electron chi connectivity index (χ0n) is 9.78. The van der Waals surface area contributed by atoms with E-state index in [4.69, 9.17) is 4.74 Å². The molecular formula is C12H19N3O. The van der Waals surface area contributed by atoms with Crippen LogP contribution in [0.15, 0.2) is 12.4 Å². The summed E-state index contributed by atoms with van der Waals surface area (Å²) >= 11 is 0. The van der Waals surface area contributed by atoms with Gasteiger partial charge in [-0.05, 0) is 44.3 Å². The molecule has 1 aromatic rings. The first-order valence-corrected chi connectivity index (χ1v) is 6.07. The number of rotatable bonds is 3. The van der Waals surface area contributed by atoms with Crippen molar-refractivity contribution < 1.29 is 4.74 Å². The van der Waals surface area contributed by atoms with Gasteiger partial charge in [0.1, 0.15) is 6.10 Å². The first kappa shape index (κ1) is 11.3. The van der Waals surface area contributed by atoms with E-state index in [1.807, 2.05) is 12.4 Å². The Kier molecular flexibility index (Phi) is 4.10. The van der Waals surface area contributed by atoms with Crippen LogP contribution in [0, 0.1) is 0 Å². The summed E-state index contributed by atoms with van der Waals surface area (Å²) in [6.07, 6.45) is 8.22. The highest BCUT2D eigenvalue weighted by Crippen LogP contribution is 2.12. The number of nitrogens with one attached hydrogen (secondary N) is 1. The number of nitrogens with zero attached hydrogens (tertiary/aromatic N) is 2. The van der Waals surface area contributed by atoms with E-state index >= 15 is 0 Å². The van der Waals surface area contributed by atoms with E-state index in [1.54, 1.807) is 0 Å². The van der Waals surface area contributed by atoms with Gasteiger partial charge in [0.2, 0.25) is 0 Å². The van der Waals surface area contributed by atoms with E-state index in [0.29, 0.717) is 6.01 Å². The van der Waals surface area contributed by atoms with E-state index in [2.05, 4.69) is 22.2 Å². The van der Waals surface area contributed by atoms with Crippen molar-refractivity contribution in [2.45, 2.75) is 38.7 Å². The third-order valence-corrected chi connectivity index (χ3v) is 2.88. The maximum absolute atomic E-state index is 5.77. The van der Waals surface area contributed by atoms with Gasteiger partial charge in [-0.3, -0.25) is 0 Å². The molecule has 4 nitrogen and oxygen atoms in total. The second-order valence-electron chi connectivity index (χ2n) is 4.15. The van der Waals surface area contributed by atoms with Crippen LogP contribution in [-0.4, -0.2) is 29.2 Å². The highest BCUT2D eigenvalue weighted by atomic mass is 16.5. The van der Waals surface area contributed by atoms with Gasteiger partial charge < -0.3 is 10.1 Å². The third kappa shape index (κ3) is 3.17. The maximum Gasteiger partial charge on any atom is 0.316 e. The molecule has 16 heavy (non-hydrogen) atoms. The second kappa shape index (κ2) is 5.80. The lowest BCUT2D eigenvalue weighted by Crippen LogP contribution is -2.20. The molecule has 0 aromatic carbocycles. The fourth-order valence-corrected chi connectivity index (χ4v) is 1.84. The molecule has 2 rings (SSSR count). The number of ether oxygens (including phenoxy) is 1. The van der Waals surface area contributed by atoms with Crippen molar-refractivity contribution in [3.05, 3.63) is 18.0 Å². The maximum atomic E-state index is 5.77. The van der Waals surface area contributed by atoms with Crippen LogP contribution in [0.4, 0.5) is 0 Å². The van der Waals surface area contributed by atoms with Crippen molar-refractivity contribution in [2.24, 2.45) is 0 Å². The van der Waals surface area contributed by atoms with Gasteiger partial charge in [-0.1, -0.05) is 6.92 Å². The molecule has 1 fully saturated rings. The van der Waals surface area contributed by atoms with Crippen molar-refractivity contribution in [3.63, 3.8) is 0 Å². The van der Waals surface area contributed by atoms with Gasteiger partial charge in [0.15, 0.2) is 0 Å². The third-order valence-electron chi connectivity index (χ3n) is 2.88. The van der Waals surface area contributed by atoms with E-state index in [0.717, 1.165) is 44.3 Å². The van der Waals surface area contributed by atoms with Gasteiger partial charge in [-0.2, -0.15) is 0 Å². The Balaban J connectivity index is 1.91. The van der Waals surface area contributed by atoms with Crippen molar-refractivity contribution in [3.8, 4) is 6.01 Å². The summed E-state index contributed by atoms with van der Waals surface area (Å²) in [5, 5.41) is 3.36. The molecule has 0 amide bonds. The first-order valence-electron chi connectivity index (χ1n) is 6.07. The Bertz CT molecular complexity index is 305. The summed E-state index contributed by atoms with van der Waals surface area (Å²) < 4.78 is 5.77. The Morgan fingerprint density at radius 3 is 2.88 bits per heavy atom. The molecule has 1 aromatic heterocycles. The highest BCUT2D eigenvalue weighted by Gasteiger charge is 2.14.